The van der Waals surface area contributed by atoms with Gasteiger partial charge in [-0.05, 0) is 25.0 Å². The topological polar surface area (TPSA) is 87.7 Å². The van der Waals surface area contributed by atoms with Crippen LogP contribution < -0.4 is 15.4 Å². The van der Waals surface area contributed by atoms with Crippen LogP contribution in [0.25, 0.3) is 0 Å². The van der Waals surface area contributed by atoms with Crippen LogP contribution in [0.5, 0.6) is 5.75 Å². The van der Waals surface area contributed by atoms with Gasteiger partial charge in [0.05, 0.1) is 5.75 Å². The number of hydrogen-bond acceptors (Lipinski definition) is 4. The predicted molar refractivity (Wildman–Crippen MR) is 93.7 cm³/mol. The van der Waals surface area contributed by atoms with E-state index in [1.165, 1.54) is 4.31 Å². The summed E-state index contributed by atoms with van der Waals surface area (Å²) in [5.74, 6) is 0.521. The fourth-order valence-corrected chi connectivity index (χ4v) is 3.82. The zero-order valence-corrected chi connectivity index (χ0v) is 14.3. The van der Waals surface area contributed by atoms with Gasteiger partial charge in [-0.3, -0.25) is 0 Å². The summed E-state index contributed by atoms with van der Waals surface area (Å²) in [6.07, 6.45) is 3.43. The molecule has 1 aromatic carbocycles. The molecule has 1 aliphatic heterocycles. The Hall–Kier alpha value is -2.06. The number of benzene rings is 1. The number of nitrogens with one attached hydrogen (secondary N) is 2. The molecule has 0 unspecified atom stereocenters. The molecule has 1 heterocycles. The smallest absolute Gasteiger partial charge is 0.319 e. The normalized spacial score (nSPS) is 15.0. The monoisotopic (exact) mass is 353 g/mol. The molecule has 0 saturated carbocycles. The van der Waals surface area contributed by atoms with Crippen molar-refractivity contribution in [3.8, 4) is 5.75 Å². The number of amides is 2. The van der Waals surface area contributed by atoms with Gasteiger partial charge in [0.2, 0.25) is 10.0 Å². The zero-order chi connectivity index (χ0) is 17.4. The van der Waals surface area contributed by atoms with Gasteiger partial charge in [-0.25, -0.2) is 17.5 Å². The van der Waals surface area contributed by atoms with Crippen LogP contribution in [0.1, 0.15) is 12.8 Å². The Morgan fingerprint density at radius 3 is 2.79 bits per heavy atom. The molecule has 0 atom stereocenters. The number of sulfonamides is 1. The summed E-state index contributed by atoms with van der Waals surface area (Å²) in [6.45, 7) is 5.17. The largest absolute Gasteiger partial charge is 0.489 e. The SMILES string of the molecule is C=CCOc1cccc(NC(=O)NCCS(=O)(=O)N2CCCC2)c1. The minimum atomic E-state index is -3.28. The van der Waals surface area contributed by atoms with E-state index in [2.05, 4.69) is 17.2 Å². The number of anilines is 1. The molecule has 132 valence electrons. The fraction of sp³-hybridized carbons (Fsp3) is 0.438. The molecule has 1 saturated heterocycles. The Bertz CT molecular complexity index is 670. The van der Waals surface area contributed by atoms with E-state index in [0.717, 1.165) is 12.8 Å². The fourth-order valence-electron chi connectivity index (χ4n) is 2.38. The maximum Gasteiger partial charge on any atom is 0.319 e. The molecule has 0 spiro atoms. The van der Waals surface area contributed by atoms with Gasteiger partial charge in [0.15, 0.2) is 0 Å². The molecule has 7 nitrogen and oxygen atoms in total. The van der Waals surface area contributed by atoms with E-state index >= 15 is 0 Å². The Morgan fingerprint density at radius 2 is 2.08 bits per heavy atom. The van der Waals surface area contributed by atoms with Gasteiger partial charge < -0.3 is 15.4 Å². The van der Waals surface area contributed by atoms with E-state index in [9.17, 15) is 13.2 Å². The van der Waals surface area contributed by atoms with Gasteiger partial charge in [-0.2, -0.15) is 0 Å². The molecule has 2 N–H and O–H groups in total. The van der Waals surface area contributed by atoms with Gasteiger partial charge >= 0.3 is 6.03 Å². The molecule has 24 heavy (non-hydrogen) atoms. The van der Waals surface area contributed by atoms with Crippen molar-refractivity contribution in [3.63, 3.8) is 0 Å². The number of hydrogen-bond donors (Lipinski definition) is 2. The van der Waals surface area contributed by atoms with E-state index in [0.29, 0.717) is 31.1 Å². The number of ether oxygens (including phenoxy) is 1. The molecular weight excluding hydrogens is 330 g/mol. The molecule has 1 aromatic rings. The molecule has 0 bridgehead atoms. The maximum atomic E-state index is 12.0. The van der Waals surface area contributed by atoms with Crippen molar-refractivity contribution >= 4 is 21.7 Å². The van der Waals surface area contributed by atoms with Crippen molar-refractivity contribution in [2.45, 2.75) is 12.8 Å². The van der Waals surface area contributed by atoms with Crippen LogP contribution in [0.15, 0.2) is 36.9 Å². The van der Waals surface area contributed by atoms with Crippen molar-refractivity contribution < 1.29 is 17.9 Å². The van der Waals surface area contributed by atoms with Crippen LogP contribution in [0, 0.1) is 0 Å². The van der Waals surface area contributed by atoms with Gasteiger partial charge in [-0.15, -0.1) is 0 Å². The van der Waals surface area contributed by atoms with Crippen molar-refractivity contribution in [1.82, 2.24) is 9.62 Å². The van der Waals surface area contributed by atoms with Gasteiger partial charge in [-0.1, -0.05) is 18.7 Å². The third kappa shape index (κ3) is 5.54. The molecule has 2 amide bonds. The number of urea groups is 1. The maximum absolute atomic E-state index is 12.0. The van der Waals surface area contributed by atoms with E-state index in [1.807, 2.05) is 0 Å². The number of carbonyl (C=O) groups is 1. The summed E-state index contributed by atoms with van der Waals surface area (Å²) in [6, 6.07) is 6.49. The molecule has 0 aliphatic carbocycles. The van der Waals surface area contributed by atoms with Gasteiger partial charge in [0.1, 0.15) is 12.4 Å². The highest BCUT2D eigenvalue weighted by Gasteiger charge is 2.24. The molecule has 1 aliphatic rings. The standard InChI is InChI=1S/C16H23N3O4S/c1-2-11-23-15-7-5-6-14(13-15)18-16(20)17-8-12-24(21,22)19-9-3-4-10-19/h2,5-7,13H,1,3-4,8-12H2,(H2,17,18,20). The van der Waals surface area contributed by atoms with Crippen LogP contribution in [0.4, 0.5) is 10.5 Å². The molecular formula is C16H23N3O4S. The van der Waals surface area contributed by atoms with Crippen LogP contribution in [0.3, 0.4) is 0 Å². The minimum Gasteiger partial charge on any atom is -0.489 e. The van der Waals surface area contributed by atoms with Crippen molar-refractivity contribution in [3.05, 3.63) is 36.9 Å². The summed E-state index contributed by atoms with van der Waals surface area (Å²) in [5.41, 5.74) is 0.566. The highest BCUT2D eigenvalue weighted by Crippen LogP contribution is 2.17. The molecule has 0 radical (unpaired) electrons. The lowest BCUT2D eigenvalue weighted by Gasteiger charge is -2.15. The minimum absolute atomic E-state index is 0.0668. The average Bonchev–Trinajstić information content (AvgIpc) is 3.08. The number of carbonyl (C=O) groups excluding carboxylic acids is 1. The van der Waals surface area contributed by atoms with Gasteiger partial charge in [0.25, 0.3) is 0 Å². The molecule has 0 aromatic heterocycles. The Kier molecular flexibility index (Phi) is 6.62. The van der Waals surface area contributed by atoms with Gasteiger partial charge in [0, 0.05) is 31.4 Å². The van der Waals surface area contributed by atoms with E-state index in [-0.39, 0.29) is 12.3 Å². The third-order valence-electron chi connectivity index (χ3n) is 3.56. The average molecular weight is 353 g/mol. The molecule has 1 fully saturated rings. The Balaban J connectivity index is 1.78. The first kappa shape index (κ1) is 18.3. The summed E-state index contributed by atoms with van der Waals surface area (Å²) >= 11 is 0. The van der Waals surface area contributed by atoms with Crippen molar-refractivity contribution in [1.29, 1.82) is 0 Å². The van der Waals surface area contributed by atoms with Crippen LogP contribution >= 0.6 is 0 Å². The lowest BCUT2D eigenvalue weighted by Crippen LogP contribution is -2.37. The lowest BCUT2D eigenvalue weighted by atomic mass is 10.3. The first-order chi connectivity index (χ1) is 11.5. The van der Waals surface area contributed by atoms with Crippen LogP contribution in [-0.2, 0) is 10.0 Å². The summed E-state index contributed by atoms with van der Waals surface area (Å²) in [5, 5.41) is 5.21. The second-order valence-corrected chi connectivity index (χ2v) is 7.52. The summed E-state index contributed by atoms with van der Waals surface area (Å²) in [4.78, 5) is 11.9. The quantitative estimate of drug-likeness (QED) is 0.698. The number of nitrogens with zero attached hydrogens (tertiary/aromatic N) is 1. The predicted octanol–water partition coefficient (Wildman–Crippen LogP) is 1.80. The Morgan fingerprint density at radius 1 is 1.33 bits per heavy atom. The van der Waals surface area contributed by atoms with Crippen molar-refractivity contribution in [2.75, 3.05) is 37.3 Å². The van der Waals surface area contributed by atoms with Crippen molar-refractivity contribution in [2.24, 2.45) is 0 Å². The lowest BCUT2D eigenvalue weighted by molar-refractivity contribution is 0.252. The first-order valence-electron chi connectivity index (χ1n) is 7.88. The van der Waals surface area contributed by atoms with E-state index < -0.39 is 16.1 Å². The molecule has 8 heteroatoms. The Labute approximate surface area is 142 Å². The number of rotatable bonds is 8. The molecule has 2 rings (SSSR count). The van der Waals surface area contributed by atoms with E-state index in [4.69, 9.17) is 4.74 Å². The van der Waals surface area contributed by atoms with Crippen LogP contribution in [0.2, 0.25) is 0 Å². The van der Waals surface area contributed by atoms with Crippen LogP contribution in [-0.4, -0.2) is 50.7 Å². The first-order valence-corrected chi connectivity index (χ1v) is 9.48. The zero-order valence-electron chi connectivity index (χ0n) is 13.5. The van der Waals surface area contributed by atoms with E-state index in [1.54, 1.807) is 30.3 Å². The summed E-state index contributed by atoms with van der Waals surface area (Å²) in [7, 11) is -3.28. The highest BCUT2D eigenvalue weighted by atomic mass is 32.2. The second kappa shape index (κ2) is 8.70. The third-order valence-corrected chi connectivity index (χ3v) is 5.44. The summed E-state index contributed by atoms with van der Waals surface area (Å²) < 4.78 is 31.0. The second-order valence-electron chi connectivity index (χ2n) is 5.43. The highest BCUT2D eigenvalue weighted by molar-refractivity contribution is 7.89.